The quantitative estimate of drug-likeness (QED) is 0.864. The van der Waals surface area contributed by atoms with Crippen LogP contribution in [0.1, 0.15) is 52.1 Å². The normalized spacial score (nSPS) is 29.2. The van der Waals surface area contributed by atoms with Crippen molar-refractivity contribution in [3.63, 3.8) is 0 Å². The number of fused-ring (bicyclic) bond motifs is 3. The van der Waals surface area contributed by atoms with Crippen LogP contribution in [0.2, 0.25) is 0 Å². The van der Waals surface area contributed by atoms with E-state index >= 15 is 0 Å². The maximum atomic E-state index is 12.6. The number of carbonyl (C=O) groups is 1. The predicted octanol–water partition coefficient (Wildman–Crippen LogP) is 3.08. The zero-order valence-corrected chi connectivity index (χ0v) is 15.0. The lowest BCUT2D eigenvalue weighted by molar-refractivity contribution is -0.0651. The van der Waals surface area contributed by atoms with Crippen LogP contribution in [0.5, 0.6) is 0 Å². The number of piperidine rings is 1. The third-order valence-corrected chi connectivity index (χ3v) is 5.26. The molecule has 2 aliphatic heterocycles. The van der Waals surface area contributed by atoms with E-state index in [4.69, 9.17) is 4.74 Å². The monoisotopic (exact) mass is 343 g/mol. The number of hydrogen-bond acceptors (Lipinski definition) is 4. The van der Waals surface area contributed by atoms with Crippen molar-refractivity contribution >= 4 is 11.7 Å². The number of nitrogens with zero attached hydrogens (tertiary/aromatic N) is 3. The number of rotatable bonds is 1. The van der Waals surface area contributed by atoms with E-state index in [0.717, 1.165) is 24.2 Å². The summed E-state index contributed by atoms with van der Waals surface area (Å²) in [4.78, 5) is 18.8. The van der Waals surface area contributed by atoms with Crippen molar-refractivity contribution in [2.75, 3.05) is 0 Å². The van der Waals surface area contributed by atoms with Crippen LogP contribution in [0.3, 0.4) is 0 Å². The Balaban J connectivity index is 1.61. The summed E-state index contributed by atoms with van der Waals surface area (Å²) in [5, 5.41) is 11.4. The second-order valence-corrected chi connectivity index (χ2v) is 8.28. The summed E-state index contributed by atoms with van der Waals surface area (Å²) >= 11 is 0. The fraction of sp³-hybridized carbons (Fsp3) is 0.579. The van der Waals surface area contributed by atoms with Gasteiger partial charge in [-0.05, 0) is 45.7 Å². The third-order valence-electron chi connectivity index (χ3n) is 5.26. The van der Waals surface area contributed by atoms with Crippen LogP contribution in [-0.4, -0.2) is 43.2 Å². The van der Waals surface area contributed by atoms with Gasteiger partial charge >= 0.3 is 6.09 Å². The number of ether oxygens (including phenoxy) is 1. The Morgan fingerprint density at radius 2 is 1.96 bits per heavy atom. The third kappa shape index (κ3) is 2.78. The van der Waals surface area contributed by atoms with Crippen molar-refractivity contribution in [3.8, 4) is 0 Å². The largest absolute Gasteiger partial charge is 0.444 e. The number of imidazole rings is 1. The highest BCUT2D eigenvalue weighted by Gasteiger charge is 2.52. The summed E-state index contributed by atoms with van der Waals surface area (Å²) in [5.41, 5.74) is 0.161. The molecule has 2 aromatic heterocycles. The molecule has 4 rings (SSSR count). The molecule has 0 spiro atoms. The molecule has 2 aliphatic rings. The van der Waals surface area contributed by atoms with E-state index in [9.17, 15) is 9.90 Å². The van der Waals surface area contributed by atoms with E-state index in [-0.39, 0.29) is 18.2 Å². The first-order valence-electron chi connectivity index (χ1n) is 8.93. The van der Waals surface area contributed by atoms with Crippen LogP contribution in [-0.2, 0) is 10.3 Å². The molecule has 2 aromatic rings. The molecule has 4 heterocycles. The number of aliphatic hydroxyl groups is 1. The van der Waals surface area contributed by atoms with Crippen molar-refractivity contribution < 1.29 is 14.6 Å². The zero-order valence-electron chi connectivity index (χ0n) is 15.0. The molecule has 2 unspecified atom stereocenters. The zero-order chi connectivity index (χ0) is 17.8. The molecule has 2 bridgehead atoms. The molecule has 2 atom stereocenters. The average molecular weight is 343 g/mol. The lowest BCUT2D eigenvalue weighted by atomic mass is 9.84. The Bertz CT molecular complexity index is 794. The molecule has 0 aromatic carbocycles. The second-order valence-electron chi connectivity index (χ2n) is 8.28. The van der Waals surface area contributed by atoms with Gasteiger partial charge in [0.05, 0.1) is 11.9 Å². The minimum absolute atomic E-state index is 0.00728. The van der Waals surface area contributed by atoms with Gasteiger partial charge in [0.1, 0.15) is 16.8 Å². The predicted molar refractivity (Wildman–Crippen MR) is 93.2 cm³/mol. The van der Waals surface area contributed by atoms with Crippen LogP contribution in [0, 0.1) is 0 Å². The van der Waals surface area contributed by atoms with Gasteiger partial charge in [-0.1, -0.05) is 6.07 Å². The van der Waals surface area contributed by atoms with Crippen molar-refractivity contribution in [1.29, 1.82) is 0 Å². The van der Waals surface area contributed by atoms with Crippen molar-refractivity contribution in [3.05, 3.63) is 36.3 Å². The van der Waals surface area contributed by atoms with Gasteiger partial charge < -0.3 is 19.1 Å². The van der Waals surface area contributed by atoms with Crippen LogP contribution in [0.15, 0.2) is 30.6 Å². The Morgan fingerprint density at radius 1 is 1.28 bits per heavy atom. The topological polar surface area (TPSA) is 67.1 Å². The fourth-order valence-corrected chi connectivity index (χ4v) is 4.32. The van der Waals surface area contributed by atoms with Gasteiger partial charge in [0.2, 0.25) is 0 Å². The van der Waals surface area contributed by atoms with Crippen LogP contribution >= 0.6 is 0 Å². The Morgan fingerprint density at radius 3 is 2.60 bits per heavy atom. The number of hydrogen-bond donors (Lipinski definition) is 1. The Labute approximate surface area is 147 Å². The molecule has 0 radical (unpaired) electrons. The first-order valence-corrected chi connectivity index (χ1v) is 8.93. The highest BCUT2D eigenvalue weighted by atomic mass is 16.6. The molecular formula is C19H25N3O3. The van der Waals surface area contributed by atoms with Gasteiger partial charge in [0.25, 0.3) is 0 Å². The first kappa shape index (κ1) is 16.4. The molecule has 0 saturated carbocycles. The van der Waals surface area contributed by atoms with Crippen molar-refractivity contribution in [2.24, 2.45) is 0 Å². The maximum Gasteiger partial charge on any atom is 0.410 e. The molecular weight excluding hydrogens is 318 g/mol. The molecule has 6 nitrogen and oxygen atoms in total. The standard InChI is InChI=1S/C19H25N3O3/c1-18(2,3)25-17(23)22-13-7-8-14(22)11-19(24,10-13)15-12-20-16-6-4-5-9-21(15)16/h4-6,9,12-14,24H,7-8,10-11H2,1-3H3. The Hall–Kier alpha value is -2.08. The summed E-state index contributed by atoms with van der Waals surface area (Å²) in [7, 11) is 0. The van der Waals surface area contributed by atoms with E-state index in [1.165, 1.54) is 0 Å². The second kappa shape index (κ2) is 5.46. The van der Waals surface area contributed by atoms with Crippen LogP contribution in [0.4, 0.5) is 4.79 Å². The van der Waals surface area contributed by atoms with Gasteiger partial charge in [-0.3, -0.25) is 0 Å². The fourth-order valence-electron chi connectivity index (χ4n) is 4.32. The number of amides is 1. The van der Waals surface area contributed by atoms with Gasteiger partial charge in [0.15, 0.2) is 0 Å². The smallest absolute Gasteiger partial charge is 0.410 e. The van der Waals surface area contributed by atoms with Crippen molar-refractivity contribution in [1.82, 2.24) is 14.3 Å². The summed E-state index contributed by atoms with van der Waals surface area (Å²) in [6, 6.07) is 5.81. The van der Waals surface area contributed by atoms with Crippen molar-refractivity contribution in [2.45, 2.75) is 69.7 Å². The van der Waals surface area contributed by atoms with Gasteiger partial charge in [-0.2, -0.15) is 0 Å². The molecule has 1 amide bonds. The number of pyridine rings is 1. The number of aromatic nitrogens is 2. The van der Waals surface area contributed by atoms with E-state index < -0.39 is 11.2 Å². The SMILES string of the molecule is CC(C)(C)OC(=O)N1C2CCC1CC(O)(c1cnc3ccccn13)C2. The summed E-state index contributed by atoms with van der Waals surface area (Å²) < 4.78 is 7.52. The van der Waals surface area contributed by atoms with E-state index in [1.54, 1.807) is 6.20 Å². The van der Waals surface area contributed by atoms with E-state index in [2.05, 4.69) is 4.98 Å². The highest BCUT2D eigenvalue weighted by molar-refractivity contribution is 5.69. The Kier molecular flexibility index (Phi) is 3.58. The summed E-state index contributed by atoms with van der Waals surface area (Å²) in [6.45, 7) is 5.64. The molecule has 134 valence electrons. The van der Waals surface area contributed by atoms with Gasteiger partial charge in [-0.15, -0.1) is 0 Å². The lowest BCUT2D eigenvalue weighted by Crippen LogP contribution is -2.53. The molecule has 25 heavy (non-hydrogen) atoms. The highest BCUT2D eigenvalue weighted by Crippen LogP contribution is 2.46. The van der Waals surface area contributed by atoms with E-state index in [0.29, 0.717) is 12.8 Å². The molecule has 6 heteroatoms. The minimum Gasteiger partial charge on any atom is -0.444 e. The number of carbonyl (C=O) groups excluding carboxylic acids is 1. The molecule has 2 saturated heterocycles. The van der Waals surface area contributed by atoms with Crippen LogP contribution in [0.25, 0.3) is 5.65 Å². The molecule has 0 aliphatic carbocycles. The molecule has 2 fully saturated rings. The lowest BCUT2D eigenvalue weighted by Gasteiger charge is -2.43. The summed E-state index contributed by atoms with van der Waals surface area (Å²) in [6.07, 6.45) is 6.28. The minimum atomic E-state index is -0.967. The average Bonchev–Trinajstić information content (AvgIpc) is 3.06. The maximum absolute atomic E-state index is 12.6. The van der Waals surface area contributed by atoms with E-state index in [1.807, 2.05) is 54.5 Å². The van der Waals surface area contributed by atoms with Gasteiger partial charge in [0, 0.05) is 31.1 Å². The van der Waals surface area contributed by atoms with Gasteiger partial charge in [-0.25, -0.2) is 9.78 Å². The first-order chi connectivity index (χ1) is 11.8. The van der Waals surface area contributed by atoms with Crippen LogP contribution < -0.4 is 0 Å². The summed E-state index contributed by atoms with van der Waals surface area (Å²) in [5.74, 6) is 0. The molecule has 1 N–H and O–H groups in total.